The molecule has 0 spiro atoms. The van der Waals surface area contributed by atoms with Crippen LogP contribution in [0.2, 0.25) is 5.02 Å². The van der Waals surface area contributed by atoms with E-state index in [2.05, 4.69) is 0 Å². The van der Waals surface area contributed by atoms with Gasteiger partial charge in [0, 0.05) is 5.02 Å². The largest absolute Gasteiger partial charge is 0.494 e. The van der Waals surface area contributed by atoms with E-state index in [1.807, 2.05) is 50.2 Å². The maximum Gasteiger partial charge on any atom is 0.119 e. The van der Waals surface area contributed by atoms with Gasteiger partial charge in [0.25, 0.3) is 0 Å². The standard InChI is InChI=1S/C16H17ClO2/c1-3-19-14-6-4-5-12(9-14)16(18)15-10-13(17)8-7-11(15)2/h4-10,16,18H,3H2,1-2H3. The Labute approximate surface area is 118 Å². The van der Waals surface area contributed by atoms with Crippen molar-refractivity contribution in [3.63, 3.8) is 0 Å². The zero-order valence-corrected chi connectivity index (χ0v) is 11.8. The van der Waals surface area contributed by atoms with Crippen molar-refractivity contribution >= 4 is 11.6 Å². The van der Waals surface area contributed by atoms with Gasteiger partial charge in [0.05, 0.1) is 6.61 Å². The zero-order chi connectivity index (χ0) is 13.8. The Morgan fingerprint density at radius 2 is 2.00 bits per heavy atom. The molecule has 1 unspecified atom stereocenters. The topological polar surface area (TPSA) is 29.5 Å². The molecule has 2 aromatic rings. The van der Waals surface area contributed by atoms with E-state index >= 15 is 0 Å². The Morgan fingerprint density at radius 1 is 1.21 bits per heavy atom. The molecule has 2 nitrogen and oxygen atoms in total. The molecule has 0 fully saturated rings. The summed E-state index contributed by atoms with van der Waals surface area (Å²) in [5, 5.41) is 11.1. The molecule has 1 atom stereocenters. The summed E-state index contributed by atoms with van der Waals surface area (Å²) in [6.45, 7) is 4.50. The van der Waals surface area contributed by atoms with Gasteiger partial charge in [0.15, 0.2) is 0 Å². The number of aliphatic hydroxyl groups is 1. The van der Waals surface area contributed by atoms with Gasteiger partial charge in [0.2, 0.25) is 0 Å². The highest BCUT2D eigenvalue weighted by atomic mass is 35.5. The van der Waals surface area contributed by atoms with E-state index in [-0.39, 0.29) is 0 Å². The second-order valence-corrected chi connectivity index (χ2v) is 4.85. The van der Waals surface area contributed by atoms with Crippen LogP contribution in [0.5, 0.6) is 5.75 Å². The molecule has 0 bridgehead atoms. The van der Waals surface area contributed by atoms with Crippen molar-refractivity contribution in [2.24, 2.45) is 0 Å². The Morgan fingerprint density at radius 3 is 2.74 bits per heavy atom. The average Bonchev–Trinajstić information content (AvgIpc) is 2.41. The van der Waals surface area contributed by atoms with E-state index in [0.29, 0.717) is 11.6 Å². The fourth-order valence-corrected chi connectivity index (χ4v) is 2.21. The number of halogens is 1. The molecular weight excluding hydrogens is 260 g/mol. The highest BCUT2D eigenvalue weighted by molar-refractivity contribution is 6.30. The van der Waals surface area contributed by atoms with Gasteiger partial charge in [-0.3, -0.25) is 0 Å². The second kappa shape index (κ2) is 6.09. The lowest BCUT2D eigenvalue weighted by Gasteiger charge is -2.15. The number of ether oxygens (including phenoxy) is 1. The van der Waals surface area contributed by atoms with Gasteiger partial charge >= 0.3 is 0 Å². The SMILES string of the molecule is CCOc1cccc(C(O)c2cc(Cl)ccc2C)c1. The van der Waals surface area contributed by atoms with Crippen LogP contribution in [0, 0.1) is 6.92 Å². The van der Waals surface area contributed by atoms with Crippen LogP contribution in [0.15, 0.2) is 42.5 Å². The molecule has 2 aromatic carbocycles. The van der Waals surface area contributed by atoms with Gasteiger partial charge in [-0.05, 0) is 54.8 Å². The van der Waals surface area contributed by atoms with Crippen molar-refractivity contribution in [2.45, 2.75) is 20.0 Å². The Hall–Kier alpha value is -1.51. The molecule has 0 aliphatic rings. The zero-order valence-electron chi connectivity index (χ0n) is 11.1. The monoisotopic (exact) mass is 276 g/mol. The van der Waals surface area contributed by atoms with E-state index in [4.69, 9.17) is 16.3 Å². The fraction of sp³-hybridized carbons (Fsp3) is 0.250. The predicted octanol–water partition coefficient (Wildman–Crippen LogP) is 4.13. The molecular formula is C16H17ClO2. The third kappa shape index (κ3) is 3.28. The quantitative estimate of drug-likeness (QED) is 0.910. The van der Waals surface area contributed by atoms with Gasteiger partial charge in [-0.25, -0.2) is 0 Å². The molecule has 0 saturated heterocycles. The normalized spacial score (nSPS) is 12.2. The van der Waals surface area contributed by atoms with Gasteiger partial charge < -0.3 is 9.84 Å². The first-order chi connectivity index (χ1) is 9.11. The maximum absolute atomic E-state index is 10.5. The van der Waals surface area contributed by atoms with Crippen molar-refractivity contribution in [3.8, 4) is 5.75 Å². The van der Waals surface area contributed by atoms with Crippen LogP contribution in [0.1, 0.15) is 29.7 Å². The lowest BCUT2D eigenvalue weighted by Crippen LogP contribution is -2.02. The summed E-state index contributed by atoms with van der Waals surface area (Å²) < 4.78 is 5.45. The van der Waals surface area contributed by atoms with Crippen molar-refractivity contribution in [1.82, 2.24) is 0 Å². The molecule has 0 radical (unpaired) electrons. The minimum absolute atomic E-state index is 0.607. The molecule has 19 heavy (non-hydrogen) atoms. The number of hydrogen-bond acceptors (Lipinski definition) is 2. The van der Waals surface area contributed by atoms with Crippen molar-refractivity contribution in [2.75, 3.05) is 6.61 Å². The molecule has 3 heteroatoms. The predicted molar refractivity (Wildman–Crippen MR) is 77.9 cm³/mol. The molecule has 0 heterocycles. The lowest BCUT2D eigenvalue weighted by molar-refractivity contribution is 0.218. The van der Waals surface area contributed by atoms with E-state index in [9.17, 15) is 5.11 Å². The first-order valence-electron chi connectivity index (χ1n) is 6.28. The van der Waals surface area contributed by atoms with Crippen LogP contribution in [0.25, 0.3) is 0 Å². The molecule has 0 amide bonds. The van der Waals surface area contributed by atoms with Gasteiger partial charge in [-0.1, -0.05) is 29.8 Å². The molecule has 0 aromatic heterocycles. The summed E-state index contributed by atoms with van der Waals surface area (Å²) in [7, 11) is 0. The third-order valence-corrected chi connectivity index (χ3v) is 3.26. The summed E-state index contributed by atoms with van der Waals surface area (Å²) in [5.41, 5.74) is 2.64. The summed E-state index contributed by atoms with van der Waals surface area (Å²) in [4.78, 5) is 0. The summed E-state index contributed by atoms with van der Waals surface area (Å²) >= 11 is 5.99. The Bertz CT molecular complexity index is 566. The molecule has 1 N–H and O–H groups in total. The summed E-state index contributed by atoms with van der Waals surface area (Å²) in [6, 6.07) is 13.0. The van der Waals surface area contributed by atoms with Crippen LogP contribution in [-0.2, 0) is 0 Å². The molecule has 100 valence electrons. The Kier molecular flexibility index (Phi) is 4.46. The number of rotatable bonds is 4. The number of benzene rings is 2. The van der Waals surface area contributed by atoms with Crippen LogP contribution in [0.3, 0.4) is 0 Å². The van der Waals surface area contributed by atoms with Gasteiger partial charge in [0.1, 0.15) is 11.9 Å². The number of aryl methyl sites for hydroxylation is 1. The minimum atomic E-state index is -0.695. The maximum atomic E-state index is 10.5. The van der Waals surface area contributed by atoms with Crippen LogP contribution in [0.4, 0.5) is 0 Å². The molecule has 0 aliphatic carbocycles. The second-order valence-electron chi connectivity index (χ2n) is 4.41. The summed E-state index contributed by atoms with van der Waals surface area (Å²) in [5.74, 6) is 0.763. The highest BCUT2D eigenvalue weighted by Gasteiger charge is 2.14. The van der Waals surface area contributed by atoms with Crippen LogP contribution in [-0.4, -0.2) is 11.7 Å². The smallest absolute Gasteiger partial charge is 0.119 e. The highest BCUT2D eigenvalue weighted by Crippen LogP contribution is 2.29. The number of hydrogen-bond donors (Lipinski definition) is 1. The number of aliphatic hydroxyl groups excluding tert-OH is 1. The van der Waals surface area contributed by atoms with Crippen molar-refractivity contribution in [3.05, 3.63) is 64.2 Å². The molecule has 0 aliphatic heterocycles. The van der Waals surface area contributed by atoms with E-state index in [1.54, 1.807) is 6.07 Å². The first kappa shape index (κ1) is 13.9. The lowest BCUT2D eigenvalue weighted by atomic mass is 9.97. The van der Waals surface area contributed by atoms with E-state index in [0.717, 1.165) is 22.4 Å². The van der Waals surface area contributed by atoms with Crippen molar-refractivity contribution < 1.29 is 9.84 Å². The van der Waals surface area contributed by atoms with Gasteiger partial charge in [-0.2, -0.15) is 0 Å². The molecule has 0 saturated carbocycles. The Balaban J connectivity index is 2.35. The van der Waals surface area contributed by atoms with Crippen LogP contribution < -0.4 is 4.74 Å². The first-order valence-corrected chi connectivity index (χ1v) is 6.66. The van der Waals surface area contributed by atoms with Gasteiger partial charge in [-0.15, -0.1) is 0 Å². The van der Waals surface area contributed by atoms with E-state index in [1.165, 1.54) is 0 Å². The minimum Gasteiger partial charge on any atom is -0.494 e. The fourth-order valence-electron chi connectivity index (χ4n) is 2.03. The summed E-state index contributed by atoms with van der Waals surface area (Å²) in [6.07, 6.45) is -0.695. The molecule has 2 rings (SSSR count). The van der Waals surface area contributed by atoms with E-state index < -0.39 is 6.10 Å². The van der Waals surface area contributed by atoms with Crippen molar-refractivity contribution in [1.29, 1.82) is 0 Å². The van der Waals surface area contributed by atoms with Crippen LogP contribution >= 0.6 is 11.6 Å². The third-order valence-electron chi connectivity index (χ3n) is 3.02. The average molecular weight is 277 g/mol.